The summed E-state index contributed by atoms with van der Waals surface area (Å²) in [4.78, 5) is 11.6. The van der Waals surface area contributed by atoms with Crippen LogP contribution in [0.1, 0.15) is 12.0 Å². The summed E-state index contributed by atoms with van der Waals surface area (Å²) >= 11 is 0. The van der Waals surface area contributed by atoms with E-state index in [4.69, 9.17) is 4.74 Å². The molecule has 3 rings (SSSR count). The van der Waals surface area contributed by atoms with E-state index in [9.17, 15) is 4.79 Å². The zero-order chi connectivity index (χ0) is 11.7. The summed E-state index contributed by atoms with van der Waals surface area (Å²) in [5, 5.41) is 10.00. The fourth-order valence-corrected chi connectivity index (χ4v) is 2.18. The Hall–Kier alpha value is -1.91. The first kappa shape index (κ1) is 10.3. The van der Waals surface area contributed by atoms with Crippen molar-refractivity contribution >= 4 is 5.97 Å². The molecule has 5 nitrogen and oxygen atoms in total. The number of hydrogen-bond acceptors (Lipinski definition) is 5. The molecule has 2 heterocycles. The number of esters is 1. The second kappa shape index (κ2) is 3.84. The van der Waals surface area contributed by atoms with Gasteiger partial charge in [0.05, 0.1) is 19.7 Å². The summed E-state index contributed by atoms with van der Waals surface area (Å²) in [6.07, 6.45) is 0.640. The van der Waals surface area contributed by atoms with Crippen LogP contribution in [0.2, 0.25) is 0 Å². The number of nitrogens with zero attached hydrogens (tertiary/aromatic N) is 3. The van der Waals surface area contributed by atoms with E-state index in [2.05, 4.69) is 10.3 Å². The zero-order valence-corrected chi connectivity index (χ0v) is 9.37. The van der Waals surface area contributed by atoms with Crippen molar-refractivity contribution in [3.05, 3.63) is 35.9 Å². The number of ether oxygens (including phenoxy) is 1. The fraction of sp³-hybridized carbons (Fsp3) is 0.417. The molecule has 0 N–H and O–H groups in total. The molecule has 0 aliphatic carbocycles. The molecule has 2 aliphatic heterocycles. The Morgan fingerprint density at radius 3 is 2.88 bits per heavy atom. The van der Waals surface area contributed by atoms with Crippen LogP contribution >= 0.6 is 0 Å². The van der Waals surface area contributed by atoms with E-state index in [0.29, 0.717) is 26.1 Å². The van der Waals surface area contributed by atoms with E-state index in [0.717, 1.165) is 5.56 Å². The molecule has 1 spiro atoms. The molecule has 0 saturated carbocycles. The SMILES string of the molecule is O=C1OCCC12CN(Cc1ccccc1)N=N2. The molecule has 1 aromatic carbocycles. The summed E-state index contributed by atoms with van der Waals surface area (Å²) < 4.78 is 4.97. The van der Waals surface area contributed by atoms with Gasteiger partial charge in [-0.1, -0.05) is 35.6 Å². The van der Waals surface area contributed by atoms with Gasteiger partial charge in [-0.25, -0.2) is 4.79 Å². The van der Waals surface area contributed by atoms with Crippen molar-refractivity contribution in [3.8, 4) is 0 Å². The van der Waals surface area contributed by atoms with Crippen LogP contribution in [0.15, 0.2) is 40.7 Å². The van der Waals surface area contributed by atoms with Crippen LogP contribution in [0.4, 0.5) is 0 Å². The second-order valence-corrected chi connectivity index (χ2v) is 4.42. The van der Waals surface area contributed by atoms with Gasteiger partial charge >= 0.3 is 5.97 Å². The van der Waals surface area contributed by atoms with Crippen molar-refractivity contribution in [2.75, 3.05) is 13.2 Å². The van der Waals surface area contributed by atoms with Crippen LogP contribution in [0.3, 0.4) is 0 Å². The molecule has 1 aromatic rings. The van der Waals surface area contributed by atoms with Crippen molar-refractivity contribution in [3.63, 3.8) is 0 Å². The molecule has 1 saturated heterocycles. The summed E-state index contributed by atoms with van der Waals surface area (Å²) in [5.41, 5.74) is 0.435. The van der Waals surface area contributed by atoms with E-state index in [1.165, 1.54) is 0 Å². The fourth-order valence-electron chi connectivity index (χ4n) is 2.18. The van der Waals surface area contributed by atoms with Crippen molar-refractivity contribution in [1.29, 1.82) is 0 Å². The largest absolute Gasteiger partial charge is 0.464 e. The minimum absolute atomic E-state index is 0.239. The first-order chi connectivity index (χ1) is 8.28. The molecule has 1 unspecified atom stereocenters. The van der Waals surface area contributed by atoms with Crippen LogP contribution in [-0.2, 0) is 16.1 Å². The first-order valence-electron chi connectivity index (χ1n) is 5.67. The van der Waals surface area contributed by atoms with Crippen molar-refractivity contribution < 1.29 is 9.53 Å². The maximum atomic E-state index is 11.6. The van der Waals surface area contributed by atoms with Gasteiger partial charge in [0, 0.05) is 6.42 Å². The van der Waals surface area contributed by atoms with E-state index in [1.807, 2.05) is 35.3 Å². The molecule has 0 amide bonds. The lowest BCUT2D eigenvalue weighted by molar-refractivity contribution is -0.142. The van der Waals surface area contributed by atoms with Crippen LogP contribution in [0, 0.1) is 0 Å². The molecule has 17 heavy (non-hydrogen) atoms. The van der Waals surface area contributed by atoms with Gasteiger partial charge in [0.1, 0.15) is 0 Å². The lowest BCUT2D eigenvalue weighted by Gasteiger charge is -2.16. The smallest absolute Gasteiger partial charge is 0.338 e. The number of carbonyl (C=O) groups is 1. The minimum Gasteiger partial charge on any atom is -0.464 e. The Bertz CT molecular complexity index is 460. The minimum atomic E-state index is -0.727. The Kier molecular flexibility index (Phi) is 2.31. The first-order valence-corrected chi connectivity index (χ1v) is 5.67. The van der Waals surface area contributed by atoms with Gasteiger partial charge in [0.15, 0.2) is 0 Å². The number of cyclic esters (lactones) is 1. The summed E-state index contributed by atoms with van der Waals surface area (Å²) in [5.74, 6) is -0.239. The maximum absolute atomic E-state index is 11.6. The average Bonchev–Trinajstić information content (AvgIpc) is 2.90. The normalized spacial score (nSPS) is 26.8. The molecular weight excluding hydrogens is 218 g/mol. The molecule has 2 aliphatic rings. The van der Waals surface area contributed by atoms with Crippen molar-refractivity contribution in [2.45, 2.75) is 18.5 Å². The van der Waals surface area contributed by atoms with Gasteiger partial charge in [-0.3, -0.25) is 5.01 Å². The third kappa shape index (κ3) is 1.77. The molecule has 0 aromatic heterocycles. The van der Waals surface area contributed by atoms with Gasteiger partial charge < -0.3 is 4.74 Å². The maximum Gasteiger partial charge on any atom is 0.338 e. The predicted octanol–water partition coefficient (Wildman–Crippen LogP) is 1.56. The molecule has 1 fully saturated rings. The molecular formula is C12H13N3O2. The topological polar surface area (TPSA) is 54.3 Å². The standard InChI is InChI=1S/C12H13N3O2/c16-11-12(6-7-17-11)9-15(14-13-12)8-10-4-2-1-3-5-10/h1-5H,6-9H2. The van der Waals surface area contributed by atoms with E-state index in [1.54, 1.807) is 0 Å². The highest BCUT2D eigenvalue weighted by molar-refractivity contribution is 5.83. The molecule has 0 bridgehead atoms. The van der Waals surface area contributed by atoms with Gasteiger partial charge in [-0.05, 0) is 5.56 Å². The highest BCUT2D eigenvalue weighted by Crippen LogP contribution is 2.31. The second-order valence-electron chi connectivity index (χ2n) is 4.42. The summed E-state index contributed by atoms with van der Waals surface area (Å²) in [6, 6.07) is 10.0. The highest BCUT2D eigenvalue weighted by Gasteiger charge is 2.49. The van der Waals surface area contributed by atoms with E-state index >= 15 is 0 Å². The summed E-state index contributed by atoms with van der Waals surface area (Å²) in [6.45, 7) is 1.66. The Labute approximate surface area is 99.1 Å². The van der Waals surface area contributed by atoms with Gasteiger partial charge in [-0.15, -0.1) is 0 Å². The highest BCUT2D eigenvalue weighted by atomic mass is 16.5. The number of carbonyl (C=O) groups excluding carboxylic acids is 1. The lowest BCUT2D eigenvalue weighted by Crippen LogP contribution is -2.38. The van der Waals surface area contributed by atoms with Crippen LogP contribution in [0.5, 0.6) is 0 Å². The average molecular weight is 231 g/mol. The number of rotatable bonds is 2. The summed E-state index contributed by atoms with van der Waals surface area (Å²) in [7, 11) is 0. The van der Waals surface area contributed by atoms with Gasteiger partial charge in [0.2, 0.25) is 5.54 Å². The van der Waals surface area contributed by atoms with Crippen molar-refractivity contribution in [1.82, 2.24) is 5.01 Å². The van der Waals surface area contributed by atoms with Gasteiger partial charge in [-0.2, -0.15) is 5.11 Å². The Morgan fingerprint density at radius 1 is 1.35 bits per heavy atom. The van der Waals surface area contributed by atoms with Gasteiger partial charge in [0.25, 0.3) is 0 Å². The zero-order valence-electron chi connectivity index (χ0n) is 9.37. The third-order valence-electron chi connectivity index (χ3n) is 3.14. The number of benzene rings is 1. The molecule has 88 valence electrons. The molecule has 0 radical (unpaired) electrons. The number of hydrogen-bond donors (Lipinski definition) is 0. The third-order valence-corrected chi connectivity index (χ3v) is 3.14. The molecule has 1 atom stereocenters. The van der Waals surface area contributed by atoms with Crippen molar-refractivity contribution in [2.24, 2.45) is 10.3 Å². The van der Waals surface area contributed by atoms with E-state index < -0.39 is 5.54 Å². The van der Waals surface area contributed by atoms with Crippen LogP contribution in [0.25, 0.3) is 0 Å². The quantitative estimate of drug-likeness (QED) is 0.726. The predicted molar refractivity (Wildman–Crippen MR) is 60.0 cm³/mol. The van der Waals surface area contributed by atoms with Crippen LogP contribution < -0.4 is 0 Å². The Morgan fingerprint density at radius 2 is 2.18 bits per heavy atom. The monoisotopic (exact) mass is 231 g/mol. The molecule has 5 heteroatoms. The Balaban J connectivity index is 1.70. The lowest BCUT2D eigenvalue weighted by atomic mass is 9.99. The van der Waals surface area contributed by atoms with Crippen LogP contribution in [-0.4, -0.2) is 29.7 Å². The van der Waals surface area contributed by atoms with E-state index in [-0.39, 0.29) is 5.97 Å².